The van der Waals surface area contributed by atoms with Gasteiger partial charge >= 0.3 is 0 Å². The van der Waals surface area contributed by atoms with E-state index < -0.39 is 0 Å². The molecule has 0 spiro atoms. The Hall–Kier alpha value is -1.00. The minimum Gasteiger partial charge on any atom is -0.396 e. The maximum absolute atomic E-state index is 5.81. The number of aromatic nitrogens is 1. The van der Waals surface area contributed by atoms with Gasteiger partial charge in [0.15, 0.2) is 5.82 Å². The number of pyridine rings is 1. The van der Waals surface area contributed by atoms with Crippen molar-refractivity contribution in [1.29, 1.82) is 0 Å². The zero-order valence-corrected chi connectivity index (χ0v) is 11.5. The van der Waals surface area contributed by atoms with Crippen LogP contribution in [0.25, 0.3) is 0 Å². The van der Waals surface area contributed by atoms with Gasteiger partial charge < -0.3 is 16.0 Å². The number of anilines is 2. The molecule has 0 saturated carbocycles. The number of nitrogens with one attached hydrogen (secondary N) is 1. The van der Waals surface area contributed by atoms with Crippen molar-refractivity contribution < 1.29 is 0 Å². The summed E-state index contributed by atoms with van der Waals surface area (Å²) in [6.07, 6.45) is 1.15. The molecule has 3 N–H and O–H groups in total. The fourth-order valence-electron chi connectivity index (χ4n) is 1.47. The van der Waals surface area contributed by atoms with E-state index in [1.54, 1.807) is 12.1 Å². The molecule has 1 unspecified atom stereocenters. The van der Waals surface area contributed by atoms with E-state index in [9.17, 15) is 0 Å². The molecule has 1 atom stereocenters. The Bertz CT molecular complexity index is 356. The Morgan fingerprint density at radius 3 is 2.88 bits per heavy atom. The SMILES string of the molecule is CCC(C)N(C)CCNc1nc(Cl)ccc1N. The van der Waals surface area contributed by atoms with E-state index >= 15 is 0 Å². The molecule has 0 fully saturated rings. The zero-order chi connectivity index (χ0) is 12.8. The Morgan fingerprint density at radius 1 is 1.53 bits per heavy atom. The number of rotatable bonds is 6. The smallest absolute Gasteiger partial charge is 0.151 e. The van der Waals surface area contributed by atoms with Crippen molar-refractivity contribution >= 4 is 23.1 Å². The second-order valence-corrected chi connectivity index (χ2v) is 4.62. The number of hydrogen-bond acceptors (Lipinski definition) is 4. The van der Waals surface area contributed by atoms with Crippen molar-refractivity contribution in [3.05, 3.63) is 17.3 Å². The van der Waals surface area contributed by atoms with Crippen LogP contribution >= 0.6 is 11.6 Å². The maximum Gasteiger partial charge on any atom is 0.151 e. The summed E-state index contributed by atoms with van der Waals surface area (Å²) in [4.78, 5) is 6.44. The number of nitrogens with zero attached hydrogens (tertiary/aromatic N) is 2. The lowest BCUT2D eigenvalue weighted by molar-refractivity contribution is 0.261. The molecule has 0 saturated heterocycles. The third-order valence-corrected chi connectivity index (χ3v) is 3.20. The van der Waals surface area contributed by atoms with Crippen molar-refractivity contribution in [3.63, 3.8) is 0 Å². The molecule has 1 aromatic rings. The van der Waals surface area contributed by atoms with Crippen LogP contribution in [0.4, 0.5) is 11.5 Å². The number of halogens is 1. The summed E-state index contributed by atoms with van der Waals surface area (Å²) < 4.78 is 0. The standard InChI is InChI=1S/C12H21ClN4/c1-4-9(2)17(3)8-7-15-12-10(14)5-6-11(13)16-12/h5-6,9H,4,7-8,14H2,1-3H3,(H,15,16). The minimum atomic E-state index is 0.456. The first-order valence-electron chi connectivity index (χ1n) is 5.90. The maximum atomic E-state index is 5.81. The van der Waals surface area contributed by atoms with Crippen LogP contribution in [-0.4, -0.2) is 36.1 Å². The Labute approximate surface area is 108 Å². The average molecular weight is 257 g/mol. The fraction of sp³-hybridized carbons (Fsp3) is 0.583. The molecule has 1 rings (SSSR count). The molecular weight excluding hydrogens is 236 g/mol. The van der Waals surface area contributed by atoms with Gasteiger partial charge in [-0.25, -0.2) is 4.98 Å². The van der Waals surface area contributed by atoms with Gasteiger partial charge in [0.05, 0.1) is 5.69 Å². The lowest BCUT2D eigenvalue weighted by Gasteiger charge is -2.23. The average Bonchev–Trinajstić information content (AvgIpc) is 2.32. The van der Waals surface area contributed by atoms with Gasteiger partial charge in [-0.2, -0.15) is 0 Å². The molecule has 0 aliphatic carbocycles. The Morgan fingerprint density at radius 2 is 2.24 bits per heavy atom. The number of nitrogens with two attached hydrogens (primary N) is 1. The van der Waals surface area contributed by atoms with Crippen molar-refractivity contribution in [3.8, 4) is 0 Å². The lowest BCUT2D eigenvalue weighted by atomic mass is 10.2. The minimum absolute atomic E-state index is 0.456. The largest absolute Gasteiger partial charge is 0.396 e. The Kier molecular flexibility index (Phi) is 5.51. The molecule has 0 aliphatic heterocycles. The molecular formula is C12H21ClN4. The molecule has 0 bridgehead atoms. The topological polar surface area (TPSA) is 54.2 Å². The van der Waals surface area contributed by atoms with Crippen molar-refractivity contribution in [2.75, 3.05) is 31.2 Å². The monoisotopic (exact) mass is 256 g/mol. The summed E-state index contributed by atoms with van der Waals surface area (Å²) in [7, 11) is 2.12. The quantitative estimate of drug-likeness (QED) is 0.768. The van der Waals surface area contributed by atoms with Gasteiger partial charge in [-0.3, -0.25) is 0 Å². The van der Waals surface area contributed by atoms with E-state index in [4.69, 9.17) is 17.3 Å². The van der Waals surface area contributed by atoms with Crippen LogP contribution < -0.4 is 11.1 Å². The van der Waals surface area contributed by atoms with E-state index in [1.807, 2.05) is 0 Å². The van der Waals surface area contributed by atoms with E-state index in [0.29, 0.717) is 22.7 Å². The second kappa shape index (κ2) is 6.67. The van der Waals surface area contributed by atoms with Crippen LogP contribution in [0.2, 0.25) is 5.15 Å². The van der Waals surface area contributed by atoms with Gasteiger partial charge in [0, 0.05) is 19.1 Å². The highest BCUT2D eigenvalue weighted by atomic mass is 35.5. The highest BCUT2D eigenvalue weighted by molar-refractivity contribution is 6.29. The first-order valence-corrected chi connectivity index (χ1v) is 6.28. The molecule has 96 valence electrons. The normalized spacial score (nSPS) is 12.8. The predicted octanol–water partition coefficient (Wildman–Crippen LogP) is 2.46. The van der Waals surface area contributed by atoms with E-state index in [1.165, 1.54) is 0 Å². The lowest BCUT2D eigenvalue weighted by Crippen LogP contribution is -2.32. The van der Waals surface area contributed by atoms with E-state index in [2.05, 4.69) is 36.1 Å². The van der Waals surface area contributed by atoms with E-state index in [0.717, 1.165) is 19.5 Å². The molecule has 1 aromatic heterocycles. The summed E-state index contributed by atoms with van der Waals surface area (Å²) in [5.74, 6) is 0.662. The van der Waals surface area contributed by atoms with Gasteiger partial charge in [0.2, 0.25) is 0 Å². The van der Waals surface area contributed by atoms with Crippen LogP contribution in [0.15, 0.2) is 12.1 Å². The second-order valence-electron chi connectivity index (χ2n) is 4.24. The number of likely N-dealkylation sites (N-methyl/N-ethyl adjacent to an activating group) is 1. The first-order chi connectivity index (χ1) is 8.04. The highest BCUT2D eigenvalue weighted by Gasteiger charge is 2.06. The molecule has 17 heavy (non-hydrogen) atoms. The van der Waals surface area contributed by atoms with Crippen LogP contribution in [0, 0.1) is 0 Å². The van der Waals surface area contributed by atoms with Crippen LogP contribution in [0.3, 0.4) is 0 Å². The van der Waals surface area contributed by atoms with Gasteiger partial charge in [0.1, 0.15) is 5.15 Å². The highest BCUT2D eigenvalue weighted by Crippen LogP contribution is 2.17. The Balaban J connectivity index is 2.43. The molecule has 0 aliphatic rings. The summed E-state index contributed by atoms with van der Waals surface area (Å²) >= 11 is 5.81. The summed E-state index contributed by atoms with van der Waals surface area (Å²) in [5.41, 5.74) is 6.42. The van der Waals surface area contributed by atoms with Gasteiger partial charge in [-0.1, -0.05) is 18.5 Å². The molecule has 0 radical (unpaired) electrons. The van der Waals surface area contributed by atoms with Crippen molar-refractivity contribution in [2.45, 2.75) is 26.3 Å². The molecule has 0 amide bonds. The van der Waals surface area contributed by atoms with Crippen molar-refractivity contribution in [1.82, 2.24) is 9.88 Å². The molecule has 1 heterocycles. The predicted molar refractivity (Wildman–Crippen MR) is 74.5 cm³/mol. The fourth-order valence-corrected chi connectivity index (χ4v) is 1.62. The number of nitrogen functional groups attached to an aromatic ring is 1. The third kappa shape index (κ3) is 4.40. The van der Waals surface area contributed by atoms with E-state index in [-0.39, 0.29) is 0 Å². The van der Waals surface area contributed by atoms with Gasteiger partial charge in [-0.15, -0.1) is 0 Å². The van der Waals surface area contributed by atoms with Crippen LogP contribution in [0.1, 0.15) is 20.3 Å². The molecule has 4 nitrogen and oxygen atoms in total. The van der Waals surface area contributed by atoms with Gasteiger partial charge in [0.25, 0.3) is 0 Å². The molecule has 0 aromatic carbocycles. The molecule has 5 heteroatoms. The van der Waals surface area contributed by atoms with Crippen molar-refractivity contribution in [2.24, 2.45) is 0 Å². The van der Waals surface area contributed by atoms with Crippen LogP contribution in [-0.2, 0) is 0 Å². The third-order valence-electron chi connectivity index (χ3n) is 2.99. The summed E-state index contributed by atoms with van der Waals surface area (Å²) in [6, 6.07) is 4.03. The first kappa shape index (κ1) is 14.1. The number of hydrogen-bond donors (Lipinski definition) is 2. The van der Waals surface area contributed by atoms with Gasteiger partial charge in [-0.05, 0) is 32.5 Å². The van der Waals surface area contributed by atoms with Crippen LogP contribution in [0.5, 0.6) is 0 Å². The summed E-state index contributed by atoms with van der Waals surface area (Å²) in [6.45, 7) is 6.15. The zero-order valence-electron chi connectivity index (χ0n) is 10.7. The summed E-state index contributed by atoms with van der Waals surface area (Å²) in [5, 5.41) is 3.66.